The normalized spacial score (nSPS) is 22.2. The molecule has 14 rings (SSSR count). The molecule has 11 N–H and O–H groups in total. The molecule has 1 unspecified atom stereocenters. The van der Waals surface area contributed by atoms with Crippen LogP contribution in [0.15, 0.2) is 150 Å². The lowest BCUT2D eigenvalue weighted by atomic mass is 9.84. The van der Waals surface area contributed by atoms with Crippen LogP contribution in [-0.4, -0.2) is 162 Å². The largest absolute Gasteiger partial charge is 0.488 e. The summed E-state index contributed by atoms with van der Waals surface area (Å²) in [6.07, 6.45) is 24.1. The minimum atomic E-state index is -3.39. The van der Waals surface area contributed by atoms with E-state index in [1.54, 1.807) is 133 Å². The lowest BCUT2D eigenvalue weighted by Crippen LogP contribution is -2.46. The van der Waals surface area contributed by atoms with E-state index in [0.717, 1.165) is 58.2 Å². The Kier molecular flexibility index (Phi) is 41.9. The maximum absolute atomic E-state index is 12.7. The second kappa shape index (κ2) is 51.7. The zero-order valence-electron chi connectivity index (χ0n) is 86.4. The number of hydrogen-bond donors (Lipinski definition) is 11. The number of nitrogens with one attached hydrogen (secondary N) is 11. The Labute approximate surface area is 854 Å². The van der Waals surface area contributed by atoms with Gasteiger partial charge in [-0.05, 0) is 384 Å². The number of carbonyl (C=O) groups excluding carboxylic acids is 6. The van der Waals surface area contributed by atoms with E-state index in [0.29, 0.717) is 158 Å². The molecule has 7 fully saturated rings. The number of nitrogens with zero attached hydrogens (tertiary/aromatic N) is 1. The molecular formula is C106H156N12O19S6. The molecule has 6 aliphatic carbocycles. The number of sulfonamides is 5. The summed E-state index contributed by atoms with van der Waals surface area (Å²) in [5.41, 5.74) is 8.54. The van der Waals surface area contributed by atoms with Crippen LogP contribution >= 0.6 is 11.3 Å². The van der Waals surface area contributed by atoms with Crippen molar-refractivity contribution in [2.45, 2.75) is 357 Å². The molecule has 31 nitrogen and oxygen atoms in total. The van der Waals surface area contributed by atoms with E-state index in [4.69, 9.17) is 13.9 Å². The van der Waals surface area contributed by atoms with Gasteiger partial charge in [0.15, 0.2) is 0 Å². The van der Waals surface area contributed by atoms with Gasteiger partial charge >= 0.3 is 0 Å². The molecule has 1 aliphatic heterocycles. The third-order valence-electron chi connectivity index (χ3n) is 27.5. The third-order valence-corrected chi connectivity index (χ3v) is 39.3. The zero-order valence-corrected chi connectivity index (χ0v) is 91.3. The lowest BCUT2D eigenvalue weighted by Gasteiger charge is -2.31. The van der Waals surface area contributed by atoms with Crippen LogP contribution in [-0.2, 0) is 78.8 Å². The van der Waals surface area contributed by atoms with Crippen LogP contribution < -0.4 is 60.2 Å². The van der Waals surface area contributed by atoms with Gasteiger partial charge in [0.25, 0.3) is 5.91 Å². The van der Waals surface area contributed by atoms with Crippen molar-refractivity contribution in [2.75, 3.05) is 39.8 Å². The number of thiophene rings is 1. The molecule has 7 aromatic rings. The molecule has 6 amide bonds. The number of anilines is 5. The number of amides is 6. The number of ether oxygens (including phenoxy) is 2. The van der Waals surface area contributed by atoms with Crippen molar-refractivity contribution in [2.24, 2.45) is 29.6 Å². The summed E-state index contributed by atoms with van der Waals surface area (Å²) in [6, 6.07) is 39.9. The SMILES string of the molecule is CC(C)(C)S(=O)(=O)NC1CCC(C(=O)Nc2ccc(-c3cccs3)cc2)CC1.CC(C)(C)S(=O)(=O)NC1CCC(C(=O)Nc2ccc(C3CCCCC3)cc2)CC1.CC(C)(C)S(=O)(=O)NC1CCC(C(=O)Nc2ccc(OC3CCOC3)cc2)CC1.CC(C)S(=O)(=O)NC1CCC(C(=O)Nc2ccc(-c3ncco3)cc2)CC1.Cc1cc(C(=O)NC(C)C)ccc1NC(=O)C1CCC(NS(=O)(=O)C(C)(C)C)CC1. The molecule has 1 saturated heterocycles. The Morgan fingerprint density at radius 1 is 0.406 bits per heavy atom. The molecule has 3 heterocycles. The Balaban J connectivity index is 0.000000184. The Morgan fingerprint density at radius 3 is 1.08 bits per heavy atom. The van der Waals surface area contributed by atoms with Gasteiger partial charge in [-0.15, -0.1) is 11.3 Å². The predicted octanol–water partition coefficient (Wildman–Crippen LogP) is 19.2. The summed E-state index contributed by atoms with van der Waals surface area (Å²) in [6.45, 7) is 30.6. The average Bonchev–Trinajstić information content (AvgIpc) is 1.20. The van der Waals surface area contributed by atoms with E-state index in [-0.39, 0.29) is 107 Å². The first-order valence-electron chi connectivity index (χ1n) is 50.7. The first-order valence-corrected chi connectivity index (χ1v) is 59.1. The summed E-state index contributed by atoms with van der Waals surface area (Å²) in [5.74, 6) is 1.32. The summed E-state index contributed by atoms with van der Waals surface area (Å²) >= 11 is 1.69. The third kappa shape index (κ3) is 35.5. The number of aromatic nitrogens is 1. The van der Waals surface area contributed by atoms with Gasteiger partial charge in [-0.2, -0.15) is 0 Å². The quantitative estimate of drug-likeness (QED) is 0.0217. The second-order valence-electron chi connectivity index (χ2n) is 43.5. The fraction of sp³-hybridized carbons (Fsp3) is 0.594. The van der Waals surface area contributed by atoms with Gasteiger partial charge in [-0.1, -0.05) is 49.6 Å². The molecule has 2 aromatic heterocycles. The van der Waals surface area contributed by atoms with Crippen LogP contribution in [0.3, 0.4) is 0 Å². The van der Waals surface area contributed by atoms with Crippen molar-refractivity contribution in [1.82, 2.24) is 33.9 Å². The molecule has 6 saturated carbocycles. The summed E-state index contributed by atoms with van der Waals surface area (Å²) in [7, 11) is -16.7. The van der Waals surface area contributed by atoms with E-state index < -0.39 is 74.4 Å². The van der Waals surface area contributed by atoms with Crippen molar-refractivity contribution in [3.63, 3.8) is 0 Å². The topological polar surface area (TPSA) is 450 Å². The highest BCUT2D eigenvalue weighted by molar-refractivity contribution is 7.91. The highest BCUT2D eigenvalue weighted by Gasteiger charge is 2.41. The van der Waals surface area contributed by atoms with Gasteiger partial charge in [-0.25, -0.2) is 70.7 Å². The molecule has 0 spiro atoms. The molecule has 790 valence electrons. The minimum Gasteiger partial charge on any atom is -0.488 e. The van der Waals surface area contributed by atoms with Crippen molar-refractivity contribution >= 4 is 125 Å². The first kappa shape index (κ1) is 116. The van der Waals surface area contributed by atoms with Crippen molar-refractivity contribution in [1.29, 1.82) is 0 Å². The monoisotopic (exact) mass is 2090 g/mol. The number of hydrogen-bond acceptors (Lipinski definition) is 21. The van der Waals surface area contributed by atoms with Gasteiger partial charge in [0.05, 0.1) is 43.6 Å². The van der Waals surface area contributed by atoms with E-state index >= 15 is 0 Å². The Bertz CT molecular complexity index is 5870. The maximum Gasteiger partial charge on any atom is 0.251 e. The van der Waals surface area contributed by atoms with E-state index in [1.807, 2.05) is 117 Å². The molecule has 0 bridgehead atoms. The molecule has 1 atom stereocenters. The number of aryl methyl sites for hydroxylation is 1. The van der Waals surface area contributed by atoms with Crippen molar-refractivity contribution in [3.05, 3.63) is 162 Å². The molecule has 143 heavy (non-hydrogen) atoms. The van der Waals surface area contributed by atoms with Crippen molar-refractivity contribution in [3.8, 4) is 27.6 Å². The number of rotatable bonds is 28. The zero-order chi connectivity index (χ0) is 105. The van der Waals surface area contributed by atoms with Gasteiger partial charge in [0.2, 0.25) is 85.5 Å². The van der Waals surface area contributed by atoms with E-state index in [9.17, 15) is 70.9 Å². The molecule has 5 aromatic carbocycles. The van der Waals surface area contributed by atoms with Crippen LogP contribution in [0, 0.1) is 36.5 Å². The summed E-state index contributed by atoms with van der Waals surface area (Å²) in [5, 5.41) is 19.4. The highest BCUT2D eigenvalue weighted by atomic mass is 32.2. The lowest BCUT2D eigenvalue weighted by molar-refractivity contribution is -0.121. The van der Waals surface area contributed by atoms with Crippen LogP contribution in [0.2, 0.25) is 0 Å². The van der Waals surface area contributed by atoms with Crippen LogP contribution in [0.25, 0.3) is 21.9 Å². The van der Waals surface area contributed by atoms with Crippen LogP contribution in [0.1, 0.15) is 305 Å². The summed E-state index contributed by atoms with van der Waals surface area (Å²) < 4.78 is 149. The van der Waals surface area contributed by atoms with Crippen LogP contribution in [0.4, 0.5) is 28.4 Å². The smallest absolute Gasteiger partial charge is 0.251 e. The average molecular weight is 2090 g/mol. The van der Waals surface area contributed by atoms with E-state index in [2.05, 4.69) is 78.7 Å². The van der Waals surface area contributed by atoms with Gasteiger partial charge in [0, 0.05) is 117 Å². The predicted molar refractivity (Wildman–Crippen MR) is 570 cm³/mol. The second-order valence-corrected chi connectivity index (χ2v) is 56.6. The maximum atomic E-state index is 12.7. The standard InChI is InChI=1S/C23H36N2O3S.C22H35N3O4S.C21H32N2O5S.C21H28N2O3S2.C19H25N3O4S/c1-23(2,3)29(27,28)25-21-15-11-19(12-16-21)22(26)24-20-13-9-18(10-14-20)17-7-5-4-6-8-17;1-14(2)23-21(27)17-9-12-19(15(3)13-17)24-20(26)16-7-10-18(11-8-16)25-30(28,29)22(4,5)6;1-21(2,3)29(25,26)23-17-6-4-15(5-7-17)20(24)22-16-8-10-18(11-9-16)28-19-12-13-27-14-19;1-21(2,3)28(25,26)23-18-12-8-16(9-13-18)20(24)22-17-10-6-15(7-11-17)19-5-4-14-27-19;1-13(2)27(24,25)22-17-9-3-14(4-10-17)18(23)21-16-7-5-15(6-8-16)19-20-11-12-26-19/h9-10,13-14,17,19,21,25H,4-8,11-12,15-16H2,1-3H3,(H,24,26);9,12-14,16,18,25H,7-8,10-11H2,1-6H3,(H,23,27)(H,24,26);8-11,15,17,19,23H,4-7,12-14H2,1-3H3,(H,22,24);4-7,10-11,14,16,18,23H,8-9,12-13H2,1-3H3,(H,22,24);5-8,11-14,17,22H,3-4,9-10H2,1-2H3,(H,21,23). The fourth-order valence-electron chi connectivity index (χ4n) is 17.7. The fourth-order valence-corrected chi connectivity index (χ4v) is 23.6. The Hall–Kier alpha value is -8.86. The summed E-state index contributed by atoms with van der Waals surface area (Å²) in [4.78, 5) is 80.5. The molecular weight excluding hydrogens is 1940 g/mol. The minimum absolute atomic E-state index is 0.0139. The molecule has 7 aliphatic rings. The molecule has 37 heteroatoms. The number of benzene rings is 5. The highest BCUT2D eigenvalue weighted by Crippen LogP contribution is 2.38. The van der Waals surface area contributed by atoms with Gasteiger partial charge in [-0.3, -0.25) is 28.8 Å². The van der Waals surface area contributed by atoms with Gasteiger partial charge in [0.1, 0.15) is 18.1 Å². The van der Waals surface area contributed by atoms with Crippen LogP contribution in [0.5, 0.6) is 5.75 Å². The Morgan fingerprint density at radius 2 is 0.762 bits per heavy atom. The molecule has 0 radical (unpaired) electrons. The number of carbonyl (C=O) groups is 6. The first-order chi connectivity index (χ1) is 67.1. The van der Waals surface area contributed by atoms with Gasteiger partial charge < -0.3 is 45.8 Å². The van der Waals surface area contributed by atoms with E-state index in [1.165, 1.54) is 48.8 Å². The van der Waals surface area contributed by atoms with Crippen molar-refractivity contribution < 1.29 is 84.7 Å². The number of oxazole rings is 1.